The van der Waals surface area contributed by atoms with E-state index in [-0.39, 0.29) is 5.57 Å². The topological polar surface area (TPSA) is 66.0 Å². The van der Waals surface area contributed by atoms with Crippen LogP contribution in [0.5, 0.6) is 11.5 Å². The lowest BCUT2D eigenvalue weighted by molar-refractivity contribution is 0.296. The Hall–Kier alpha value is -3.24. The van der Waals surface area contributed by atoms with E-state index < -0.39 is 0 Å². The van der Waals surface area contributed by atoms with Crippen molar-refractivity contribution in [1.82, 2.24) is 0 Å². The number of ether oxygens (including phenoxy) is 2. The Morgan fingerprint density at radius 2 is 1.76 bits per heavy atom. The molecule has 0 aliphatic heterocycles. The number of nitriles is 2. The Labute approximate surface area is 148 Å². The minimum atomic E-state index is 0.0568. The Morgan fingerprint density at radius 1 is 1.08 bits per heavy atom. The molecular formula is C21H20N2O2. The van der Waals surface area contributed by atoms with Crippen LogP contribution in [-0.2, 0) is 6.61 Å². The molecule has 0 spiro atoms. The first-order valence-corrected chi connectivity index (χ1v) is 7.99. The Balaban J connectivity index is 2.19. The van der Waals surface area contributed by atoms with Gasteiger partial charge < -0.3 is 9.47 Å². The molecule has 4 heteroatoms. The molecule has 0 aliphatic carbocycles. The molecule has 0 saturated heterocycles. The summed E-state index contributed by atoms with van der Waals surface area (Å²) in [6.45, 7) is 4.63. The van der Waals surface area contributed by atoms with E-state index >= 15 is 0 Å². The fourth-order valence-electron chi connectivity index (χ4n) is 2.37. The Morgan fingerprint density at radius 3 is 2.32 bits per heavy atom. The van der Waals surface area contributed by atoms with E-state index in [1.165, 1.54) is 5.56 Å². The van der Waals surface area contributed by atoms with Gasteiger partial charge in [-0.25, -0.2) is 0 Å². The summed E-state index contributed by atoms with van der Waals surface area (Å²) < 4.78 is 11.2. The number of hydrogen-bond donors (Lipinski definition) is 0. The summed E-state index contributed by atoms with van der Waals surface area (Å²) >= 11 is 0. The van der Waals surface area contributed by atoms with Crippen LogP contribution in [0.15, 0.2) is 48.0 Å². The molecule has 0 amide bonds. The molecular weight excluding hydrogens is 312 g/mol. The normalized spacial score (nSPS) is 9.84. The summed E-state index contributed by atoms with van der Waals surface area (Å²) in [5, 5.41) is 17.8. The van der Waals surface area contributed by atoms with Crippen molar-refractivity contribution in [2.45, 2.75) is 26.4 Å². The maximum atomic E-state index is 8.88. The van der Waals surface area contributed by atoms with Gasteiger partial charge in [0.25, 0.3) is 0 Å². The van der Waals surface area contributed by atoms with Crippen molar-refractivity contribution in [3.8, 4) is 23.6 Å². The van der Waals surface area contributed by atoms with Crippen molar-refractivity contribution in [3.63, 3.8) is 0 Å². The van der Waals surface area contributed by atoms with Crippen molar-refractivity contribution < 1.29 is 9.47 Å². The third-order valence-corrected chi connectivity index (χ3v) is 3.80. The van der Waals surface area contributed by atoms with Gasteiger partial charge in [0, 0.05) is 5.56 Å². The van der Waals surface area contributed by atoms with E-state index in [0.29, 0.717) is 18.3 Å². The third kappa shape index (κ3) is 4.86. The second kappa shape index (κ2) is 8.57. The zero-order valence-electron chi connectivity index (χ0n) is 14.6. The molecule has 2 rings (SSSR count). The highest BCUT2D eigenvalue weighted by atomic mass is 16.5. The highest BCUT2D eigenvalue weighted by Gasteiger charge is 2.06. The quantitative estimate of drug-likeness (QED) is 0.711. The Kier molecular flexibility index (Phi) is 6.20. The van der Waals surface area contributed by atoms with Gasteiger partial charge in [-0.15, -0.1) is 0 Å². The predicted octanol–water partition coefficient (Wildman–Crippen LogP) is 4.83. The molecule has 25 heavy (non-hydrogen) atoms. The molecule has 0 saturated carbocycles. The molecule has 0 aromatic heterocycles. The zero-order valence-corrected chi connectivity index (χ0v) is 14.6. The first kappa shape index (κ1) is 18.1. The van der Waals surface area contributed by atoms with Gasteiger partial charge in [0.05, 0.1) is 7.11 Å². The first-order chi connectivity index (χ1) is 12.1. The summed E-state index contributed by atoms with van der Waals surface area (Å²) in [5.74, 6) is 1.96. The summed E-state index contributed by atoms with van der Waals surface area (Å²) in [6.07, 6.45) is 1.54. The average Bonchev–Trinajstić information content (AvgIpc) is 2.64. The molecule has 0 bridgehead atoms. The first-order valence-electron chi connectivity index (χ1n) is 7.99. The van der Waals surface area contributed by atoms with Gasteiger partial charge in [-0.1, -0.05) is 32.0 Å². The van der Waals surface area contributed by atoms with Crippen LogP contribution in [0.4, 0.5) is 0 Å². The van der Waals surface area contributed by atoms with E-state index in [1.807, 2.05) is 30.3 Å². The molecule has 2 aromatic rings. The molecule has 126 valence electrons. The number of benzene rings is 2. The van der Waals surface area contributed by atoms with Crippen LogP contribution in [0, 0.1) is 22.7 Å². The number of nitrogens with zero attached hydrogens (tertiary/aromatic N) is 2. The fraction of sp³-hybridized carbons (Fsp3) is 0.238. The van der Waals surface area contributed by atoms with E-state index in [1.54, 1.807) is 25.3 Å². The van der Waals surface area contributed by atoms with Gasteiger partial charge in [0.15, 0.2) is 0 Å². The molecule has 0 atom stereocenters. The van der Waals surface area contributed by atoms with Crippen LogP contribution in [0.3, 0.4) is 0 Å². The highest BCUT2D eigenvalue weighted by molar-refractivity contribution is 5.63. The fourth-order valence-corrected chi connectivity index (χ4v) is 2.37. The van der Waals surface area contributed by atoms with E-state index in [2.05, 4.69) is 26.0 Å². The lowest BCUT2D eigenvalue weighted by Gasteiger charge is -2.12. The van der Waals surface area contributed by atoms with Crippen LogP contribution in [0.25, 0.3) is 6.08 Å². The van der Waals surface area contributed by atoms with Crippen LogP contribution >= 0.6 is 0 Å². The summed E-state index contributed by atoms with van der Waals surface area (Å²) in [7, 11) is 1.60. The minimum absolute atomic E-state index is 0.0568. The summed E-state index contributed by atoms with van der Waals surface area (Å²) in [4.78, 5) is 0. The van der Waals surface area contributed by atoms with Crippen molar-refractivity contribution in [3.05, 3.63) is 64.7 Å². The van der Waals surface area contributed by atoms with Gasteiger partial charge in [0.2, 0.25) is 0 Å². The number of rotatable bonds is 6. The monoisotopic (exact) mass is 332 g/mol. The van der Waals surface area contributed by atoms with Crippen LogP contribution in [-0.4, -0.2) is 7.11 Å². The lowest BCUT2D eigenvalue weighted by Crippen LogP contribution is -1.99. The molecule has 0 unspecified atom stereocenters. The molecule has 0 aliphatic rings. The maximum Gasteiger partial charge on any atom is 0.130 e. The van der Waals surface area contributed by atoms with Gasteiger partial charge in [-0.2, -0.15) is 10.5 Å². The van der Waals surface area contributed by atoms with E-state index in [9.17, 15) is 0 Å². The van der Waals surface area contributed by atoms with Gasteiger partial charge in [-0.05, 0) is 47.4 Å². The van der Waals surface area contributed by atoms with Crippen LogP contribution in [0.2, 0.25) is 0 Å². The second-order valence-electron chi connectivity index (χ2n) is 5.87. The molecule has 0 radical (unpaired) electrons. The third-order valence-electron chi connectivity index (χ3n) is 3.80. The van der Waals surface area contributed by atoms with Gasteiger partial charge in [-0.3, -0.25) is 0 Å². The average molecular weight is 332 g/mol. The number of methoxy groups -OCH3 is 1. The largest absolute Gasteiger partial charge is 0.496 e. The van der Waals surface area contributed by atoms with Crippen molar-refractivity contribution in [1.29, 1.82) is 10.5 Å². The van der Waals surface area contributed by atoms with Crippen LogP contribution in [0.1, 0.15) is 36.5 Å². The SMILES string of the molecule is COc1ccc(C=C(C#N)C#N)cc1COc1ccc(C(C)C)cc1. The van der Waals surface area contributed by atoms with Gasteiger partial charge >= 0.3 is 0 Å². The van der Waals surface area contributed by atoms with Crippen molar-refractivity contribution in [2.75, 3.05) is 7.11 Å². The van der Waals surface area contributed by atoms with Crippen LogP contribution < -0.4 is 9.47 Å². The number of hydrogen-bond acceptors (Lipinski definition) is 4. The maximum absolute atomic E-state index is 8.88. The van der Waals surface area contributed by atoms with E-state index in [4.69, 9.17) is 20.0 Å². The van der Waals surface area contributed by atoms with E-state index in [0.717, 1.165) is 16.9 Å². The van der Waals surface area contributed by atoms with Crippen molar-refractivity contribution in [2.24, 2.45) is 0 Å². The minimum Gasteiger partial charge on any atom is -0.496 e. The van der Waals surface area contributed by atoms with Gasteiger partial charge in [0.1, 0.15) is 35.8 Å². The standard InChI is InChI=1S/C21H20N2O2/c1-15(2)18-5-7-20(8-6-18)25-14-19-11-16(4-9-21(19)24-3)10-17(12-22)13-23/h4-11,15H,14H2,1-3H3. The Bertz CT molecular complexity index is 822. The second-order valence-corrected chi connectivity index (χ2v) is 5.87. The predicted molar refractivity (Wildman–Crippen MR) is 97.1 cm³/mol. The molecule has 0 heterocycles. The smallest absolute Gasteiger partial charge is 0.130 e. The molecule has 0 fully saturated rings. The summed E-state index contributed by atoms with van der Waals surface area (Å²) in [6, 6.07) is 17.2. The molecule has 0 N–H and O–H groups in total. The molecule has 2 aromatic carbocycles. The summed E-state index contributed by atoms with van der Waals surface area (Å²) in [5.41, 5.74) is 2.92. The van der Waals surface area contributed by atoms with Crippen molar-refractivity contribution >= 4 is 6.08 Å². The zero-order chi connectivity index (χ0) is 18.2. The number of allylic oxidation sites excluding steroid dienone is 1. The molecule has 4 nitrogen and oxygen atoms in total. The lowest BCUT2D eigenvalue weighted by atomic mass is 10.0. The highest BCUT2D eigenvalue weighted by Crippen LogP contribution is 2.24.